The smallest absolute Gasteiger partial charge is 0.0607 e. The van der Waals surface area contributed by atoms with Crippen LogP contribution in [-0.4, -0.2) is 35.5 Å². The van der Waals surface area contributed by atoms with E-state index in [4.69, 9.17) is 10.2 Å². The van der Waals surface area contributed by atoms with Crippen LogP contribution in [0.1, 0.15) is 38.2 Å². The fraction of sp³-hybridized carbons (Fsp3) is 0.625. The lowest BCUT2D eigenvalue weighted by atomic mass is 9.69. The highest BCUT2D eigenvalue weighted by Crippen LogP contribution is 2.38. The lowest BCUT2D eigenvalue weighted by Gasteiger charge is -2.39. The van der Waals surface area contributed by atoms with Gasteiger partial charge in [-0.1, -0.05) is 37.3 Å². The Hall–Kier alpha value is -0.900. The molecule has 0 heterocycles. The molecule has 1 aromatic rings. The topological polar surface area (TPSA) is 52.5 Å². The molecule has 0 spiro atoms. The summed E-state index contributed by atoms with van der Waals surface area (Å²) in [5.74, 6) is 0. The van der Waals surface area contributed by atoms with E-state index in [1.165, 1.54) is 5.56 Å². The molecule has 3 N–H and O–H groups in total. The summed E-state index contributed by atoms with van der Waals surface area (Å²) < 4.78 is 0. The lowest BCUT2D eigenvalue weighted by Crippen LogP contribution is -2.46. The van der Waals surface area contributed by atoms with Gasteiger partial charge in [-0.25, -0.2) is 0 Å². The van der Waals surface area contributed by atoms with Crippen LogP contribution >= 0.6 is 0 Å². The fourth-order valence-corrected chi connectivity index (χ4v) is 3.05. The van der Waals surface area contributed by atoms with Crippen LogP contribution in [0.25, 0.3) is 0 Å². The fourth-order valence-electron chi connectivity index (χ4n) is 3.05. The van der Waals surface area contributed by atoms with E-state index in [0.717, 1.165) is 25.7 Å². The van der Waals surface area contributed by atoms with E-state index in [-0.39, 0.29) is 24.7 Å². The van der Waals surface area contributed by atoms with Crippen molar-refractivity contribution >= 4 is 0 Å². The minimum absolute atomic E-state index is 0.00293. The van der Waals surface area contributed by atoms with Crippen molar-refractivity contribution < 1.29 is 10.2 Å². The van der Waals surface area contributed by atoms with Crippen LogP contribution in [0, 0.1) is 0 Å². The molecule has 1 fully saturated rings. The van der Waals surface area contributed by atoms with Gasteiger partial charge in [0.2, 0.25) is 0 Å². The van der Waals surface area contributed by atoms with Gasteiger partial charge in [0.15, 0.2) is 0 Å². The molecule has 0 aromatic heterocycles. The van der Waals surface area contributed by atoms with Gasteiger partial charge in [-0.05, 0) is 36.7 Å². The van der Waals surface area contributed by atoms with E-state index in [1.54, 1.807) is 0 Å². The molecule has 3 heteroatoms. The van der Waals surface area contributed by atoms with Gasteiger partial charge in [-0.2, -0.15) is 0 Å². The SMILES string of the molecule is CC1(c2ccccc2)CCC(NC(CO)CO)CC1. The molecule has 2 rings (SSSR count). The van der Waals surface area contributed by atoms with Crippen molar-refractivity contribution in [3.63, 3.8) is 0 Å². The number of nitrogens with one attached hydrogen (secondary N) is 1. The van der Waals surface area contributed by atoms with Gasteiger partial charge in [0.1, 0.15) is 0 Å². The number of hydrogen-bond donors (Lipinski definition) is 3. The van der Waals surface area contributed by atoms with Crippen LogP contribution < -0.4 is 5.32 Å². The predicted molar refractivity (Wildman–Crippen MR) is 77.1 cm³/mol. The molecule has 0 radical (unpaired) electrons. The molecule has 0 aliphatic heterocycles. The molecule has 1 aliphatic carbocycles. The van der Waals surface area contributed by atoms with Gasteiger partial charge in [0, 0.05) is 6.04 Å². The molecule has 106 valence electrons. The molecule has 19 heavy (non-hydrogen) atoms. The van der Waals surface area contributed by atoms with Gasteiger partial charge in [-0.3, -0.25) is 0 Å². The maximum absolute atomic E-state index is 9.11. The molecule has 1 aliphatic rings. The Morgan fingerprint density at radius 3 is 2.26 bits per heavy atom. The number of aliphatic hydroxyl groups excluding tert-OH is 2. The summed E-state index contributed by atoms with van der Waals surface area (Å²) in [6.07, 6.45) is 4.50. The van der Waals surface area contributed by atoms with Crippen LogP contribution in [0.2, 0.25) is 0 Å². The van der Waals surface area contributed by atoms with Crippen LogP contribution in [0.3, 0.4) is 0 Å². The average Bonchev–Trinajstić information content (AvgIpc) is 2.48. The van der Waals surface area contributed by atoms with Gasteiger partial charge in [0.05, 0.1) is 19.3 Å². The maximum Gasteiger partial charge on any atom is 0.0607 e. The first-order chi connectivity index (χ1) is 9.18. The predicted octanol–water partition coefficient (Wildman–Crippen LogP) is 1.83. The van der Waals surface area contributed by atoms with E-state index >= 15 is 0 Å². The monoisotopic (exact) mass is 263 g/mol. The Bertz CT molecular complexity index is 368. The molecular weight excluding hydrogens is 238 g/mol. The first kappa shape index (κ1) is 14.5. The highest BCUT2D eigenvalue weighted by atomic mass is 16.3. The first-order valence-electron chi connectivity index (χ1n) is 7.21. The number of benzene rings is 1. The largest absolute Gasteiger partial charge is 0.395 e. The minimum Gasteiger partial charge on any atom is -0.395 e. The molecule has 0 bridgehead atoms. The Balaban J connectivity index is 1.92. The second kappa shape index (κ2) is 6.51. The first-order valence-corrected chi connectivity index (χ1v) is 7.21. The molecule has 0 saturated heterocycles. The number of aliphatic hydroxyl groups is 2. The summed E-state index contributed by atoms with van der Waals surface area (Å²) in [5.41, 5.74) is 1.70. The second-order valence-corrected chi connectivity index (χ2v) is 5.93. The van der Waals surface area contributed by atoms with Crippen molar-refractivity contribution in [3.05, 3.63) is 35.9 Å². The molecule has 0 atom stereocenters. The normalized spacial score (nSPS) is 27.7. The summed E-state index contributed by atoms with van der Waals surface area (Å²) in [6.45, 7) is 2.35. The third-order valence-electron chi connectivity index (χ3n) is 4.47. The van der Waals surface area contributed by atoms with Crippen molar-refractivity contribution in [1.82, 2.24) is 5.32 Å². The van der Waals surface area contributed by atoms with E-state index in [9.17, 15) is 0 Å². The van der Waals surface area contributed by atoms with Crippen molar-refractivity contribution in [1.29, 1.82) is 0 Å². The second-order valence-electron chi connectivity index (χ2n) is 5.93. The molecule has 1 aromatic carbocycles. The summed E-state index contributed by atoms with van der Waals surface area (Å²) >= 11 is 0. The minimum atomic E-state index is -0.175. The average molecular weight is 263 g/mol. The summed E-state index contributed by atoms with van der Waals surface area (Å²) in [7, 11) is 0. The quantitative estimate of drug-likeness (QED) is 0.759. The number of hydrogen-bond acceptors (Lipinski definition) is 3. The van der Waals surface area contributed by atoms with Crippen LogP contribution in [0.5, 0.6) is 0 Å². The molecule has 3 nitrogen and oxygen atoms in total. The standard InChI is InChI=1S/C16H25NO2/c1-16(13-5-3-2-4-6-13)9-7-14(8-10-16)17-15(11-18)12-19/h2-6,14-15,17-19H,7-12H2,1H3. The zero-order chi connectivity index (χ0) is 13.7. The molecule has 0 unspecified atom stereocenters. The molecule has 1 saturated carbocycles. The van der Waals surface area contributed by atoms with Gasteiger partial charge >= 0.3 is 0 Å². The highest BCUT2D eigenvalue weighted by molar-refractivity contribution is 5.25. The summed E-state index contributed by atoms with van der Waals surface area (Å²) in [4.78, 5) is 0. The van der Waals surface area contributed by atoms with Crippen molar-refractivity contribution in [2.75, 3.05) is 13.2 Å². The lowest BCUT2D eigenvalue weighted by molar-refractivity contribution is 0.147. The Morgan fingerprint density at radius 1 is 1.16 bits per heavy atom. The van der Waals surface area contributed by atoms with Crippen molar-refractivity contribution in [2.45, 2.75) is 50.1 Å². The molecular formula is C16H25NO2. The van der Waals surface area contributed by atoms with Crippen LogP contribution in [0.15, 0.2) is 30.3 Å². The zero-order valence-electron chi connectivity index (χ0n) is 11.7. The van der Waals surface area contributed by atoms with Crippen molar-refractivity contribution in [3.8, 4) is 0 Å². The van der Waals surface area contributed by atoms with E-state index in [0.29, 0.717) is 6.04 Å². The molecule has 0 amide bonds. The van der Waals surface area contributed by atoms with Crippen LogP contribution in [0.4, 0.5) is 0 Å². The summed E-state index contributed by atoms with van der Waals surface area (Å²) in [6, 6.07) is 11.0. The van der Waals surface area contributed by atoms with Crippen molar-refractivity contribution in [2.24, 2.45) is 0 Å². The van der Waals surface area contributed by atoms with Gasteiger partial charge < -0.3 is 15.5 Å². The van der Waals surface area contributed by atoms with E-state index in [2.05, 4.69) is 42.6 Å². The highest BCUT2D eigenvalue weighted by Gasteiger charge is 2.32. The van der Waals surface area contributed by atoms with E-state index < -0.39 is 0 Å². The van der Waals surface area contributed by atoms with Gasteiger partial charge in [-0.15, -0.1) is 0 Å². The third-order valence-corrected chi connectivity index (χ3v) is 4.47. The Labute approximate surface area is 115 Å². The Morgan fingerprint density at radius 2 is 1.74 bits per heavy atom. The van der Waals surface area contributed by atoms with Crippen LogP contribution in [-0.2, 0) is 5.41 Å². The number of rotatable bonds is 5. The van der Waals surface area contributed by atoms with Gasteiger partial charge in [0.25, 0.3) is 0 Å². The maximum atomic E-state index is 9.11. The summed E-state index contributed by atoms with van der Waals surface area (Å²) in [5, 5.41) is 21.6. The third kappa shape index (κ3) is 3.56. The Kier molecular flexibility index (Phi) is 4.97. The zero-order valence-corrected chi connectivity index (χ0v) is 11.7. The van der Waals surface area contributed by atoms with E-state index in [1.807, 2.05) is 0 Å².